The summed E-state index contributed by atoms with van der Waals surface area (Å²) >= 11 is 5.85. The predicted molar refractivity (Wildman–Crippen MR) is 90.2 cm³/mol. The third-order valence-electron chi connectivity index (χ3n) is 3.49. The van der Waals surface area contributed by atoms with Crippen LogP contribution in [0.2, 0.25) is 5.02 Å². The van der Waals surface area contributed by atoms with Crippen LogP contribution >= 0.6 is 11.6 Å². The molecule has 3 nitrogen and oxygen atoms in total. The topological polar surface area (TPSA) is 39.1 Å². The highest BCUT2D eigenvalue weighted by Crippen LogP contribution is 2.26. The molecule has 0 bridgehead atoms. The molecule has 3 rings (SSSR count). The summed E-state index contributed by atoms with van der Waals surface area (Å²) in [5.74, 6) is -0.426. The van der Waals surface area contributed by atoms with Crippen LogP contribution in [0.1, 0.15) is 5.56 Å². The van der Waals surface area contributed by atoms with Gasteiger partial charge in [-0.15, -0.1) is 0 Å². The fourth-order valence-electron chi connectivity index (χ4n) is 2.41. The molecule has 0 unspecified atom stereocenters. The van der Waals surface area contributed by atoms with Crippen LogP contribution in [-0.4, -0.2) is 13.0 Å². The highest BCUT2D eigenvalue weighted by Gasteiger charge is 2.08. The van der Waals surface area contributed by atoms with Crippen LogP contribution in [0.15, 0.2) is 60.8 Å². The van der Waals surface area contributed by atoms with E-state index in [1.165, 1.54) is 6.07 Å². The van der Waals surface area contributed by atoms with Gasteiger partial charge in [0, 0.05) is 11.9 Å². The lowest BCUT2D eigenvalue weighted by atomic mass is 10.1. The first-order valence-corrected chi connectivity index (χ1v) is 8.62. The number of hydrogen-bond acceptors (Lipinski definition) is 2. The van der Waals surface area contributed by atoms with Crippen molar-refractivity contribution in [1.29, 1.82) is 0 Å². The molecule has 0 atom stereocenters. The SMILES string of the molecule is O=[SH](=O)Cc1ccc(-c2cccn2-c2ccc(F)c(Cl)c2)cc1. The third-order valence-corrected chi connectivity index (χ3v) is 4.40. The summed E-state index contributed by atoms with van der Waals surface area (Å²) in [5, 5.41) is 0.0664. The maximum Gasteiger partial charge on any atom is 0.144 e. The second-order valence-electron chi connectivity index (χ2n) is 5.05. The van der Waals surface area contributed by atoms with Crippen LogP contribution in [0.5, 0.6) is 0 Å². The summed E-state index contributed by atoms with van der Waals surface area (Å²) in [5.41, 5.74) is 3.34. The van der Waals surface area contributed by atoms with Gasteiger partial charge >= 0.3 is 0 Å². The molecule has 0 aliphatic rings. The molecule has 6 heteroatoms. The largest absolute Gasteiger partial charge is 0.317 e. The van der Waals surface area contributed by atoms with Gasteiger partial charge in [-0.2, -0.15) is 0 Å². The molecule has 0 amide bonds. The molecule has 0 fully saturated rings. The Morgan fingerprint density at radius 3 is 2.43 bits per heavy atom. The molecule has 0 N–H and O–H groups in total. The van der Waals surface area contributed by atoms with Gasteiger partial charge in [-0.1, -0.05) is 35.9 Å². The number of halogens is 2. The van der Waals surface area contributed by atoms with Crippen molar-refractivity contribution in [3.05, 3.63) is 77.2 Å². The maximum atomic E-state index is 13.3. The number of benzene rings is 2. The van der Waals surface area contributed by atoms with E-state index in [4.69, 9.17) is 11.6 Å². The van der Waals surface area contributed by atoms with Gasteiger partial charge in [-0.25, -0.2) is 12.8 Å². The van der Waals surface area contributed by atoms with Crippen molar-refractivity contribution in [3.8, 4) is 16.9 Å². The summed E-state index contributed by atoms with van der Waals surface area (Å²) in [6.45, 7) is 0. The molecule has 0 spiro atoms. The molecule has 3 aromatic rings. The number of aromatic nitrogens is 1. The Balaban J connectivity index is 1.98. The molecule has 23 heavy (non-hydrogen) atoms. The van der Waals surface area contributed by atoms with Gasteiger partial charge in [-0.05, 0) is 41.5 Å². The fraction of sp³-hybridized carbons (Fsp3) is 0.0588. The highest BCUT2D eigenvalue weighted by molar-refractivity contribution is 7.71. The van der Waals surface area contributed by atoms with Crippen molar-refractivity contribution in [3.63, 3.8) is 0 Å². The normalized spacial score (nSPS) is 11.1. The maximum absolute atomic E-state index is 13.3. The summed E-state index contributed by atoms with van der Waals surface area (Å²) in [6, 6.07) is 15.7. The van der Waals surface area contributed by atoms with Crippen LogP contribution in [0.25, 0.3) is 16.9 Å². The Labute approximate surface area is 139 Å². The lowest BCUT2D eigenvalue weighted by Gasteiger charge is -2.10. The van der Waals surface area contributed by atoms with Crippen LogP contribution in [0.4, 0.5) is 4.39 Å². The second kappa shape index (κ2) is 6.56. The van der Waals surface area contributed by atoms with Gasteiger partial charge in [0.1, 0.15) is 16.5 Å². The molecule has 0 aliphatic carbocycles. The number of nitrogens with zero attached hydrogens (tertiary/aromatic N) is 1. The van der Waals surface area contributed by atoms with Gasteiger partial charge in [-0.3, -0.25) is 0 Å². The van der Waals surface area contributed by atoms with E-state index in [0.717, 1.165) is 22.5 Å². The lowest BCUT2D eigenvalue weighted by molar-refractivity contribution is 0.614. The first-order chi connectivity index (χ1) is 11.0. The predicted octanol–water partition coefficient (Wildman–Crippen LogP) is 4.05. The number of thiol groups is 1. The van der Waals surface area contributed by atoms with Crippen LogP contribution < -0.4 is 0 Å². The molecular weight excluding hydrogens is 337 g/mol. The van der Waals surface area contributed by atoms with Crippen molar-refractivity contribution in [1.82, 2.24) is 4.57 Å². The first-order valence-electron chi connectivity index (χ1n) is 6.88. The Morgan fingerprint density at radius 2 is 1.78 bits per heavy atom. The van der Waals surface area contributed by atoms with Crippen molar-refractivity contribution in [2.75, 3.05) is 0 Å². The van der Waals surface area contributed by atoms with Gasteiger partial charge in [0.25, 0.3) is 0 Å². The minimum Gasteiger partial charge on any atom is -0.317 e. The van der Waals surface area contributed by atoms with Crippen LogP contribution in [-0.2, 0) is 16.5 Å². The van der Waals surface area contributed by atoms with E-state index in [-0.39, 0.29) is 10.8 Å². The summed E-state index contributed by atoms with van der Waals surface area (Å²) in [4.78, 5) is 0. The smallest absolute Gasteiger partial charge is 0.144 e. The van der Waals surface area contributed by atoms with Crippen LogP contribution in [0.3, 0.4) is 0 Å². The lowest BCUT2D eigenvalue weighted by Crippen LogP contribution is -1.96. The Hall–Kier alpha value is -2.11. The van der Waals surface area contributed by atoms with Gasteiger partial charge < -0.3 is 4.57 Å². The van der Waals surface area contributed by atoms with Gasteiger partial charge in [0.2, 0.25) is 0 Å². The molecule has 0 radical (unpaired) electrons. The second-order valence-corrected chi connectivity index (χ2v) is 6.44. The summed E-state index contributed by atoms with van der Waals surface area (Å²) in [7, 11) is -2.44. The summed E-state index contributed by atoms with van der Waals surface area (Å²) < 4.78 is 36.8. The molecule has 0 saturated heterocycles. The van der Waals surface area contributed by atoms with Crippen molar-refractivity contribution in [2.45, 2.75) is 5.75 Å². The zero-order valence-electron chi connectivity index (χ0n) is 11.9. The zero-order valence-corrected chi connectivity index (χ0v) is 13.6. The van der Waals surface area contributed by atoms with Gasteiger partial charge in [0.05, 0.1) is 16.5 Å². The third kappa shape index (κ3) is 3.46. The standard InChI is InChI=1S/C17H13ClFNO2S/c18-15-10-14(7-8-16(15)19)20-9-1-2-17(20)13-5-3-12(4-6-13)11-23(21)22/h1-10,23H,11H2. The minimum absolute atomic E-state index is 0.0319. The van der Waals surface area contributed by atoms with Crippen molar-refractivity contribution < 1.29 is 12.8 Å². The molecule has 0 aliphatic heterocycles. The van der Waals surface area contributed by atoms with Gasteiger partial charge in [0.15, 0.2) is 0 Å². The Morgan fingerprint density at radius 1 is 1.04 bits per heavy atom. The first kappa shape index (κ1) is 15.8. The average Bonchev–Trinajstić information content (AvgIpc) is 3.00. The number of rotatable bonds is 4. The minimum atomic E-state index is -2.44. The van der Waals surface area contributed by atoms with E-state index >= 15 is 0 Å². The van der Waals surface area contributed by atoms with E-state index in [1.807, 2.05) is 35.0 Å². The zero-order chi connectivity index (χ0) is 16.4. The Kier molecular flexibility index (Phi) is 4.50. The molecule has 118 valence electrons. The quantitative estimate of drug-likeness (QED) is 0.722. The van der Waals surface area contributed by atoms with Crippen LogP contribution in [0, 0.1) is 5.82 Å². The highest BCUT2D eigenvalue weighted by atomic mass is 35.5. The molecule has 0 saturated carbocycles. The van der Waals surface area contributed by atoms with Crippen molar-refractivity contribution in [2.24, 2.45) is 0 Å². The van der Waals surface area contributed by atoms with Crippen molar-refractivity contribution >= 4 is 22.3 Å². The van der Waals surface area contributed by atoms with E-state index in [2.05, 4.69) is 0 Å². The molecule has 2 aromatic carbocycles. The molecule has 1 aromatic heterocycles. The van der Waals surface area contributed by atoms with E-state index in [0.29, 0.717) is 0 Å². The van der Waals surface area contributed by atoms with E-state index in [1.54, 1.807) is 24.3 Å². The molecule has 1 heterocycles. The van der Waals surface area contributed by atoms with E-state index < -0.39 is 16.5 Å². The fourth-order valence-corrected chi connectivity index (χ4v) is 3.09. The Bertz CT molecular complexity index is 909. The van der Waals surface area contributed by atoms with E-state index in [9.17, 15) is 12.8 Å². The monoisotopic (exact) mass is 349 g/mol. The molecular formula is C17H13ClFNO2S. The summed E-state index contributed by atoms with van der Waals surface area (Å²) in [6.07, 6.45) is 1.86. The average molecular weight is 350 g/mol. The number of hydrogen-bond donors (Lipinski definition) is 1.